The number of aromatic nitrogens is 3. The summed E-state index contributed by atoms with van der Waals surface area (Å²) >= 11 is 2.79. The average Bonchev–Trinajstić information content (AvgIpc) is 3.34. The third kappa shape index (κ3) is 4.08. The van der Waals surface area contributed by atoms with E-state index in [-0.39, 0.29) is 11.7 Å². The second kappa shape index (κ2) is 8.71. The SMILES string of the molecule is C=CCn1c(CC)nnc1SCC(=O)Nc1sc2c(c1C(=O)OC)CCC2. The Morgan fingerprint density at radius 2 is 2.22 bits per heavy atom. The van der Waals surface area contributed by atoms with E-state index in [1.165, 1.54) is 30.2 Å². The number of ether oxygens (including phenoxy) is 1. The molecule has 0 spiro atoms. The van der Waals surface area contributed by atoms with E-state index in [0.29, 0.717) is 22.3 Å². The zero-order chi connectivity index (χ0) is 19.4. The molecule has 7 nitrogen and oxygen atoms in total. The molecule has 0 atom stereocenters. The maximum atomic E-state index is 12.5. The molecule has 1 amide bonds. The standard InChI is InChI=1S/C18H22N4O3S2/c1-4-9-22-13(5-2)20-21-18(22)26-10-14(23)19-16-15(17(24)25-3)11-7-6-8-12(11)27-16/h4H,1,5-10H2,2-3H3,(H,19,23). The van der Waals surface area contributed by atoms with Crippen molar-refractivity contribution in [3.05, 3.63) is 34.5 Å². The normalized spacial score (nSPS) is 12.7. The van der Waals surface area contributed by atoms with Crippen LogP contribution in [-0.4, -0.2) is 39.5 Å². The summed E-state index contributed by atoms with van der Waals surface area (Å²) in [6, 6.07) is 0. The van der Waals surface area contributed by atoms with E-state index in [4.69, 9.17) is 4.74 Å². The Kier molecular flexibility index (Phi) is 6.33. The number of fused-ring (bicyclic) bond motifs is 1. The lowest BCUT2D eigenvalue weighted by Gasteiger charge is -2.08. The molecule has 0 bridgehead atoms. The second-order valence-corrected chi connectivity index (χ2v) is 8.09. The molecule has 0 radical (unpaired) electrons. The number of amides is 1. The Morgan fingerprint density at radius 1 is 1.41 bits per heavy atom. The van der Waals surface area contributed by atoms with Gasteiger partial charge >= 0.3 is 5.97 Å². The summed E-state index contributed by atoms with van der Waals surface area (Å²) in [5.41, 5.74) is 1.53. The van der Waals surface area contributed by atoms with Gasteiger partial charge in [0.1, 0.15) is 10.8 Å². The maximum Gasteiger partial charge on any atom is 0.341 e. The predicted octanol–water partition coefficient (Wildman–Crippen LogP) is 3.09. The van der Waals surface area contributed by atoms with Crippen molar-refractivity contribution in [3.63, 3.8) is 0 Å². The molecule has 0 aromatic carbocycles. The number of nitrogens with zero attached hydrogens (tertiary/aromatic N) is 3. The molecule has 0 aliphatic heterocycles. The summed E-state index contributed by atoms with van der Waals surface area (Å²) in [6.45, 7) is 6.36. The van der Waals surface area contributed by atoms with Gasteiger partial charge in [0.25, 0.3) is 0 Å². The van der Waals surface area contributed by atoms with Gasteiger partial charge in [0.15, 0.2) is 5.16 Å². The molecule has 3 rings (SSSR count). The van der Waals surface area contributed by atoms with Crippen LogP contribution in [0, 0.1) is 0 Å². The summed E-state index contributed by atoms with van der Waals surface area (Å²) in [5, 5.41) is 12.5. The lowest BCUT2D eigenvalue weighted by atomic mass is 10.1. The summed E-state index contributed by atoms with van der Waals surface area (Å²) < 4.78 is 6.86. The molecule has 27 heavy (non-hydrogen) atoms. The number of rotatable bonds is 8. The molecule has 1 N–H and O–H groups in total. The number of allylic oxidation sites excluding steroid dienone is 1. The number of nitrogens with one attached hydrogen (secondary N) is 1. The third-order valence-electron chi connectivity index (χ3n) is 4.32. The quantitative estimate of drug-likeness (QED) is 0.412. The molecule has 2 aromatic rings. The highest BCUT2D eigenvalue weighted by atomic mass is 32.2. The molecule has 2 aromatic heterocycles. The smallest absolute Gasteiger partial charge is 0.341 e. The zero-order valence-corrected chi connectivity index (χ0v) is 17.0. The van der Waals surface area contributed by atoms with E-state index in [0.717, 1.165) is 41.9 Å². The van der Waals surface area contributed by atoms with Crippen LogP contribution in [0.3, 0.4) is 0 Å². The predicted molar refractivity (Wildman–Crippen MR) is 107 cm³/mol. The van der Waals surface area contributed by atoms with Gasteiger partial charge < -0.3 is 14.6 Å². The van der Waals surface area contributed by atoms with Gasteiger partial charge in [-0.1, -0.05) is 24.8 Å². The van der Waals surface area contributed by atoms with E-state index in [2.05, 4.69) is 22.1 Å². The number of anilines is 1. The van der Waals surface area contributed by atoms with E-state index >= 15 is 0 Å². The Hall–Kier alpha value is -2.13. The number of carbonyl (C=O) groups is 2. The summed E-state index contributed by atoms with van der Waals surface area (Å²) in [7, 11) is 1.36. The minimum atomic E-state index is -0.393. The highest BCUT2D eigenvalue weighted by Gasteiger charge is 2.28. The van der Waals surface area contributed by atoms with Crippen LogP contribution < -0.4 is 5.32 Å². The second-order valence-electron chi connectivity index (χ2n) is 6.04. The molecule has 0 unspecified atom stereocenters. The molecule has 9 heteroatoms. The van der Waals surface area contributed by atoms with Crippen molar-refractivity contribution in [1.82, 2.24) is 14.8 Å². The summed E-state index contributed by atoms with van der Waals surface area (Å²) in [5.74, 6) is 0.467. The number of hydrogen-bond donors (Lipinski definition) is 1. The highest BCUT2D eigenvalue weighted by Crippen LogP contribution is 2.39. The first-order valence-corrected chi connectivity index (χ1v) is 10.6. The van der Waals surface area contributed by atoms with Crippen LogP contribution in [0.1, 0.15) is 40.0 Å². The molecular formula is C18H22N4O3S2. The lowest BCUT2D eigenvalue weighted by molar-refractivity contribution is -0.113. The number of thioether (sulfide) groups is 1. The minimum absolute atomic E-state index is 0.183. The molecule has 2 heterocycles. The van der Waals surface area contributed by atoms with Crippen LogP contribution in [-0.2, 0) is 35.3 Å². The number of hydrogen-bond acceptors (Lipinski definition) is 7. The van der Waals surface area contributed by atoms with Crippen LogP contribution in [0.25, 0.3) is 0 Å². The topological polar surface area (TPSA) is 86.1 Å². The van der Waals surface area contributed by atoms with Crippen molar-refractivity contribution in [2.45, 2.75) is 44.3 Å². The van der Waals surface area contributed by atoms with Crippen molar-refractivity contribution in [2.75, 3.05) is 18.2 Å². The van der Waals surface area contributed by atoms with Crippen LogP contribution in [0.2, 0.25) is 0 Å². The van der Waals surface area contributed by atoms with Crippen LogP contribution >= 0.6 is 23.1 Å². The number of carbonyl (C=O) groups excluding carboxylic acids is 2. The van der Waals surface area contributed by atoms with E-state index < -0.39 is 5.97 Å². The van der Waals surface area contributed by atoms with Crippen molar-refractivity contribution in [1.29, 1.82) is 0 Å². The highest BCUT2D eigenvalue weighted by molar-refractivity contribution is 7.99. The molecule has 0 saturated heterocycles. The van der Waals surface area contributed by atoms with Gasteiger partial charge in [-0.25, -0.2) is 4.79 Å². The van der Waals surface area contributed by atoms with Crippen molar-refractivity contribution < 1.29 is 14.3 Å². The molecule has 0 fully saturated rings. The number of aryl methyl sites for hydroxylation is 2. The largest absolute Gasteiger partial charge is 0.465 e. The first kappa shape index (κ1) is 19.6. The van der Waals surface area contributed by atoms with Gasteiger partial charge in [0, 0.05) is 17.8 Å². The van der Waals surface area contributed by atoms with Crippen molar-refractivity contribution in [2.24, 2.45) is 0 Å². The monoisotopic (exact) mass is 406 g/mol. The Morgan fingerprint density at radius 3 is 2.93 bits per heavy atom. The zero-order valence-electron chi connectivity index (χ0n) is 15.4. The maximum absolute atomic E-state index is 12.5. The van der Waals surface area contributed by atoms with E-state index in [1.54, 1.807) is 6.08 Å². The van der Waals surface area contributed by atoms with Crippen LogP contribution in [0.5, 0.6) is 0 Å². The lowest BCUT2D eigenvalue weighted by Crippen LogP contribution is -2.16. The van der Waals surface area contributed by atoms with Crippen molar-refractivity contribution in [3.8, 4) is 0 Å². The molecular weight excluding hydrogens is 384 g/mol. The van der Waals surface area contributed by atoms with Gasteiger partial charge in [-0.2, -0.15) is 0 Å². The fourth-order valence-electron chi connectivity index (χ4n) is 3.10. The number of thiophene rings is 1. The fraction of sp³-hybridized carbons (Fsp3) is 0.444. The first-order valence-electron chi connectivity index (χ1n) is 8.77. The number of methoxy groups -OCH3 is 1. The van der Waals surface area contributed by atoms with E-state index in [1.807, 2.05) is 11.5 Å². The molecule has 1 aliphatic carbocycles. The van der Waals surface area contributed by atoms with Crippen molar-refractivity contribution >= 4 is 40.0 Å². The first-order chi connectivity index (χ1) is 13.1. The van der Waals surface area contributed by atoms with Gasteiger partial charge in [0.05, 0.1) is 18.4 Å². The Labute approximate surface area is 166 Å². The van der Waals surface area contributed by atoms with Gasteiger partial charge in [-0.05, 0) is 24.8 Å². The van der Waals surface area contributed by atoms with Crippen LogP contribution in [0.15, 0.2) is 17.8 Å². The summed E-state index contributed by atoms with van der Waals surface area (Å²) in [4.78, 5) is 25.8. The molecule has 144 valence electrons. The molecule has 1 aliphatic rings. The van der Waals surface area contributed by atoms with Crippen LogP contribution in [0.4, 0.5) is 5.00 Å². The minimum Gasteiger partial charge on any atom is -0.465 e. The number of esters is 1. The summed E-state index contributed by atoms with van der Waals surface area (Å²) in [6.07, 6.45) is 5.37. The fourth-order valence-corrected chi connectivity index (χ4v) is 5.16. The van der Waals surface area contributed by atoms with E-state index in [9.17, 15) is 9.59 Å². The van der Waals surface area contributed by atoms with Gasteiger partial charge in [-0.3, -0.25) is 4.79 Å². The molecule has 0 saturated carbocycles. The third-order valence-corrected chi connectivity index (χ3v) is 6.49. The Balaban J connectivity index is 1.70. The van der Waals surface area contributed by atoms with Gasteiger partial charge in [-0.15, -0.1) is 28.1 Å². The Bertz CT molecular complexity index is 872. The van der Waals surface area contributed by atoms with Gasteiger partial charge in [0.2, 0.25) is 5.91 Å². The average molecular weight is 407 g/mol.